The van der Waals surface area contributed by atoms with Crippen LogP contribution in [0, 0.1) is 0 Å². The van der Waals surface area contributed by atoms with E-state index in [1.54, 1.807) is 6.07 Å². The lowest BCUT2D eigenvalue weighted by molar-refractivity contribution is -0.139. The predicted octanol–water partition coefficient (Wildman–Crippen LogP) is 5.24. The molecule has 3 nitrogen and oxygen atoms in total. The van der Waals surface area contributed by atoms with Gasteiger partial charge in [-0.25, -0.2) is 0 Å². The molecule has 3 rings (SSSR count). The molecule has 2 heterocycles. The molecule has 0 aromatic heterocycles. The van der Waals surface area contributed by atoms with Gasteiger partial charge in [-0.05, 0) is 42.9 Å². The Morgan fingerprint density at radius 3 is 2.48 bits per heavy atom. The number of rotatable bonds is 7. The summed E-state index contributed by atoms with van der Waals surface area (Å²) >= 11 is 0. The average Bonchev–Trinajstić information content (AvgIpc) is 2.59. The van der Waals surface area contributed by atoms with E-state index in [9.17, 15) is 13.2 Å². The summed E-state index contributed by atoms with van der Waals surface area (Å²) in [6.45, 7) is 7.32. The fourth-order valence-corrected chi connectivity index (χ4v) is 3.83. The van der Waals surface area contributed by atoms with Crippen LogP contribution in [0.2, 0.25) is 0 Å². The third kappa shape index (κ3) is 5.17. The molecular weight excluding hydrogens is 355 g/mol. The average molecular weight is 385 g/mol. The van der Waals surface area contributed by atoms with Gasteiger partial charge in [0, 0.05) is 13.1 Å². The quantitative estimate of drug-likeness (QED) is 0.641. The fraction of sp³-hybridized carbons (Fsp3) is 0.714. The van der Waals surface area contributed by atoms with Gasteiger partial charge in [0.2, 0.25) is 0 Å². The van der Waals surface area contributed by atoms with Crippen LogP contribution in [0.4, 0.5) is 13.2 Å². The summed E-state index contributed by atoms with van der Waals surface area (Å²) in [5, 5.41) is 0. The Labute approximate surface area is 159 Å². The van der Waals surface area contributed by atoms with Gasteiger partial charge in [-0.2, -0.15) is 13.2 Å². The van der Waals surface area contributed by atoms with Gasteiger partial charge in [-0.3, -0.25) is 4.90 Å². The van der Waals surface area contributed by atoms with Crippen molar-refractivity contribution in [2.75, 3.05) is 26.3 Å². The summed E-state index contributed by atoms with van der Waals surface area (Å²) in [4.78, 5) is 2.35. The Hall–Kier alpha value is -1.27. The lowest BCUT2D eigenvalue weighted by atomic mass is 9.93. The van der Waals surface area contributed by atoms with Gasteiger partial charge < -0.3 is 9.47 Å². The van der Waals surface area contributed by atoms with Gasteiger partial charge in [0.1, 0.15) is 11.9 Å². The van der Waals surface area contributed by atoms with E-state index < -0.39 is 11.7 Å². The van der Waals surface area contributed by atoms with Gasteiger partial charge in [0.15, 0.2) is 0 Å². The molecule has 1 atom stereocenters. The van der Waals surface area contributed by atoms with Gasteiger partial charge >= 0.3 is 6.18 Å². The Bertz CT molecular complexity index is 608. The number of piperidine rings is 1. The zero-order valence-electron chi connectivity index (χ0n) is 16.2. The number of nitrogens with zero attached hydrogens (tertiary/aromatic N) is 1. The van der Waals surface area contributed by atoms with Crippen LogP contribution in [0.1, 0.15) is 63.0 Å². The van der Waals surface area contributed by atoms with E-state index in [1.807, 2.05) is 6.92 Å². The van der Waals surface area contributed by atoms with Crippen LogP contribution in [-0.2, 0) is 10.9 Å². The van der Waals surface area contributed by atoms with Crippen molar-refractivity contribution in [3.63, 3.8) is 0 Å². The first-order valence-electron chi connectivity index (χ1n) is 10.1. The highest BCUT2D eigenvalue weighted by atomic mass is 19.4. The molecule has 0 radical (unpaired) electrons. The predicted molar refractivity (Wildman–Crippen MR) is 99.2 cm³/mol. The third-order valence-electron chi connectivity index (χ3n) is 5.78. The summed E-state index contributed by atoms with van der Waals surface area (Å²) in [6.07, 6.45) is -0.0942. The minimum atomic E-state index is -4.40. The zero-order chi connectivity index (χ0) is 19.4. The molecule has 0 aliphatic carbocycles. The number of benzene rings is 1. The summed E-state index contributed by atoms with van der Waals surface area (Å²) in [5.41, 5.74) is 0.0982. The summed E-state index contributed by atoms with van der Waals surface area (Å²) in [6, 6.07) is 5.08. The van der Waals surface area contributed by atoms with E-state index in [0.29, 0.717) is 6.04 Å². The largest absolute Gasteiger partial charge is 0.490 e. The van der Waals surface area contributed by atoms with Crippen LogP contribution < -0.4 is 4.74 Å². The molecular formula is C21H30F3NO2. The SMILES string of the molecule is CCCCC(C)c1ccc(OC2CCN(C3COC3)CC2)c(C(F)(F)F)c1. The second kappa shape index (κ2) is 8.82. The Morgan fingerprint density at radius 1 is 1.22 bits per heavy atom. The number of hydrogen-bond donors (Lipinski definition) is 0. The maximum Gasteiger partial charge on any atom is 0.419 e. The normalized spacial score (nSPS) is 21.1. The van der Waals surface area contributed by atoms with Crippen LogP contribution in [0.3, 0.4) is 0 Å². The van der Waals surface area contributed by atoms with Gasteiger partial charge in [0.25, 0.3) is 0 Å². The molecule has 1 aromatic carbocycles. The van der Waals surface area contributed by atoms with E-state index in [2.05, 4.69) is 11.8 Å². The smallest absolute Gasteiger partial charge is 0.419 e. The van der Waals surface area contributed by atoms with Crippen LogP contribution >= 0.6 is 0 Å². The van der Waals surface area contributed by atoms with E-state index in [4.69, 9.17) is 9.47 Å². The van der Waals surface area contributed by atoms with Crippen molar-refractivity contribution >= 4 is 0 Å². The number of hydrogen-bond acceptors (Lipinski definition) is 3. The molecule has 152 valence electrons. The summed E-state index contributed by atoms with van der Waals surface area (Å²) < 4.78 is 51.9. The Balaban J connectivity index is 1.67. The van der Waals surface area contributed by atoms with Crippen molar-refractivity contribution in [1.82, 2.24) is 4.90 Å². The molecule has 0 spiro atoms. The summed E-state index contributed by atoms with van der Waals surface area (Å²) in [7, 11) is 0. The highest BCUT2D eigenvalue weighted by molar-refractivity contribution is 5.40. The first-order valence-corrected chi connectivity index (χ1v) is 10.1. The Morgan fingerprint density at radius 2 is 1.93 bits per heavy atom. The number of ether oxygens (including phenoxy) is 2. The lowest BCUT2D eigenvalue weighted by Gasteiger charge is -2.41. The molecule has 2 aliphatic rings. The van der Waals surface area contributed by atoms with Crippen molar-refractivity contribution < 1.29 is 22.6 Å². The second-order valence-electron chi connectivity index (χ2n) is 7.84. The first kappa shape index (κ1) is 20.5. The topological polar surface area (TPSA) is 21.7 Å². The van der Waals surface area contributed by atoms with Gasteiger partial charge in [-0.15, -0.1) is 0 Å². The van der Waals surface area contributed by atoms with E-state index in [1.165, 1.54) is 12.1 Å². The zero-order valence-corrected chi connectivity index (χ0v) is 16.2. The van der Waals surface area contributed by atoms with Crippen LogP contribution in [-0.4, -0.2) is 43.3 Å². The second-order valence-corrected chi connectivity index (χ2v) is 7.84. The maximum absolute atomic E-state index is 13.6. The molecule has 6 heteroatoms. The van der Waals surface area contributed by atoms with Gasteiger partial charge in [-0.1, -0.05) is 32.8 Å². The van der Waals surface area contributed by atoms with Crippen LogP contribution in [0.25, 0.3) is 0 Å². The molecule has 2 aliphatic heterocycles. The van der Waals surface area contributed by atoms with Gasteiger partial charge in [0.05, 0.1) is 24.8 Å². The molecule has 2 fully saturated rings. The first-order chi connectivity index (χ1) is 12.9. The lowest BCUT2D eigenvalue weighted by Crippen LogP contribution is -2.52. The van der Waals surface area contributed by atoms with E-state index in [-0.39, 0.29) is 17.8 Å². The number of likely N-dealkylation sites (tertiary alicyclic amines) is 1. The number of alkyl halides is 3. The summed E-state index contributed by atoms with van der Waals surface area (Å²) in [5.74, 6) is 0.0902. The molecule has 0 N–H and O–H groups in total. The van der Waals surface area contributed by atoms with E-state index in [0.717, 1.165) is 64.0 Å². The molecule has 0 saturated carbocycles. The minimum absolute atomic E-state index is 0.0284. The highest BCUT2D eigenvalue weighted by Crippen LogP contribution is 2.39. The van der Waals surface area contributed by atoms with Crippen molar-refractivity contribution in [3.05, 3.63) is 29.3 Å². The molecule has 27 heavy (non-hydrogen) atoms. The van der Waals surface area contributed by atoms with E-state index >= 15 is 0 Å². The maximum atomic E-state index is 13.6. The monoisotopic (exact) mass is 385 g/mol. The molecule has 1 unspecified atom stereocenters. The highest BCUT2D eigenvalue weighted by Gasteiger charge is 2.36. The number of halogens is 3. The van der Waals surface area contributed by atoms with Crippen molar-refractivity contribution in [1.29, 1.82) is 0 Å². The molecule has 0 amide bonds. The standard InChI is InChI=1S/C21H30F3NO2/c1-3-4-5-15(2)16-6-7-20(19(12-16)21(22,23)24)27-18-8-10-25(11-9-18)17-13-26-14-17/h6-7,12,15,17-18H,3-5,8-11,13-14H2,1-2H3. The number of unbranched alkanes of at least 4 members (excludes halogenated alkanes) is 1. The van der Waals surface area contributed by atoms with Crippen molar-refractivity contribution in [2.24, 2.45) is 0 Å². The minimum Gasteiger partial charge on any atom is -0.490 e. The molecule has 1 aromatic rings. The third-order valence-corrected chi connectivity index (χ3v) is 5.78. The molecule has 0 bridgehead atoms. The fourth-order valence-electron chi connectivity index (χ4n) is 3.83. The van der Waals surface area contributed by atoms with Crippen LogP contribution in [0.15, 0.2) is 18.2 Å². The molecule has 2 saturated heterocycles. The Kier molecular flexibility index (Phi) is 6.69. The van der Waals surface area contributed by atoms with Crippen molar-refractivity contribution in [2.45, 2.75) is 70.2 Å². The van der Waals surface area contributed by atoms with Crippen LogP contribution in [0.5, 0.6) is 5.75 Å². The van der Waals surface area contributed by atoms with Crippen molar-refractivity contribution in [3.8, 4) is 5.75 Å².